The molecule has 0 amide bonds. The Labute approximate surface area is 127 Å². The van der Waals surface area contributed by atoms with Crippen LogP contribution >= 0.6 is 0 Å². The van der Waals surface area contributed by atoms with Gasteiger partial charge in [0.15, 0.2) is 0 Å². The van der Waals surface area contributed by atoms with Crippen molar-refractivity contribution in [2.24, 2.45) is 0 Å². The molecule has 0 aliphatic rings. The van der Waals surface area contributed by atoms with Crippen molar-refractivity contribution < 1.29 is 0 Å². The molecule has 0 aromatic heterocycles. The van der Waals surface area contributed by atoms with Gasteiger partial charge in [0, 0.05) is 0 Å². The van der Waals surface area contributed by atoms with Gasteiger partial charge in [-0.3, -0.25) is 0 Å². The molecule has 0 spiro atoms. The summed E-state index contributed by atoms with van der Waals surface area (Å²) in [7, 11) is 0. The maximum absolute atomic E-state index is 3.93. The quantitative estimate of drug-likeness (QED) is 0.219. The van der Waals surface area contributed by atoms with E-state index in [9.17, 15) is 0 Å². The molecule has 0 heterocycles. The van der Waals surface area contributed by atoms with Gasteiger partial charge in [-0.15, -0.1) is 0 Å². The fourth-order valence-electron chi connectivity index (χ4n) is 2.62. The molecular weight excluding hydrogens is 335 g/mol. The van der Waals surface area contributed by atoms with Crippen molar-refractivity contribution in [2.75, 3.05) is 0 Å². The molecule has 0 saturated carbocycles. The molecular formula is C18H36Sn. The van der Waals surface area contributed by atoms with Crippen molar-refractivity contribution in [2.45, 2.75) is 98.8 Å². The molecule has 0 atom stereocenters. The molecule has 1 heteroatoms. The van der Waals surface area contributed by atoms with E-state index in [1.807, 2.05) is 0 Å². The Morgan fingerprint density at radius 3 is 1.42 bits per heavy atom. The third-order valence-electron chi connectivity index (χ3n) is 4.04. The topological polar surface area (TPSA) is 0 Å². The van der Waals surface area contributed by atoms with E-state index in [1.54, 1.807) is 0 Å². The zero-order chi connectivity index (χ0) is 14.4. The fraction of sp³-hybridized carbons (Fsp3) is 0.889. The molecule has 0 bridgehead atoms. The number of hydrogen-bond acceptors (Lipinski definition) is 0. The zero-order valence-electron chi connectivity index (χ0n) is 14.0. The molecule has 0 aromatic rings. The van der Waals surface area contributed by atoms with E-state index in [2.05, 4.69) is 37.6 Å². The summed E-state index contributed by atoms with van der Waals surface area (Å²) < 4.78 is 8.53. The van der Waals surface area contributed by atoms with Crippen molar-refractivity contribution >= 4 is 18.4 Å². The van der Waals surface area contributed by atoms with Crippen molar-refractivity contribution in [3.63, 3.8) is 0 Å². The second-order valence-corrected chi connectivity index (χ2v) is 18.3. The average Bonchev–Trinajstić information content (AvgIpc) is 2.44. The molecule has 0 aromatic carbocycles. The van der Waals surface area contributed by atoms with Crippen LogP contribution in [0.5, 0.6) is 0 Å². The molecule has 0 rings (SSSR count). The van der Waals surface area contributed by atoms with Crippen LogP contribution in [0, 0.1) is 9.86 Å². The minimum atomic E-state index is -2.10. The molecule has 0 fully saturated rings. The molecule has 0 aliphatic carbocycles. The SMILES string of the molecule is CCCCC#[C][Sn]([CH2]CCC)([CH2]CCC)[CH2]CCC. The average molecular weight is 371 g/mol. The van der Waals surface area contributed by atoms with Gasteiger partial charge in [-0.1, -0.05) is 0 Å². The van der Waals surface area contributed by atoms with Crippen molar-refractivity contribution in [3.05, 3.63) is 0 Å². The Kier molecular flexibility index (Phi) is 13.6. The number of unbranched alkanes of at least 4 members (excludes halogenated alkanes) is 5. The van der Waals surface area contributed by atoms with Gasteiger partial charge in [0.05, 0.1) is 0 Å². The van der Waals surface area contributed by atoms with Crippen LogP contribution in [0.4, 0.5) is 0 Å². The molecule has 0 unspecified atom stereocenters. The first-order valence-corrected chi connectivity index (χ1v) is 16.2. The normalized spacial score (nSPS) is 11.2. The van der Waals surface area contributed by atoms with Crippen LogP contribution in [0.3, 0.4) is 0 Å². The van der Waals surface area contributed by atoms with Gasteiger partial charge in [0.2, 0.25) is 0 Å². The summed E-state index contributed by atoms with van der Waals surface area (Å²) in [4.78, 5) is 0. The summed E-state index contributed by atoms with van der Waals surface area (Å²) in [6.45, 7) is 9.27. The van der Waals surface area contributed by atoms with Gasteiger partial charge < -0.3 is 0 Å². The zero-order valence-corrected chi connectivity index (χ0v) is 16.8. The van der Waals surface area contributed by atoms with Gasteiger partial charge in [-0.25, -0.2) is 0 Å². The van der Waals surface area contributed by atoms with Gasteiger partial charge in [0.25, 0.3) is 0 Å². The first-order valence-electron chi connectivity index (χ1n) is 8.74. The van der Waals surface area contributed by atoms with Gasteiger partial charge in [0.1, 0.15) is 0 Å². The van der Waals surface area contributed by atoms with Crippen LogP contribution in [0.15, 0.2) is 0 Å². The van der Waals surface area contributed by atoms with Crippen molar-refractivity contribution in [1.29, 1.82) is 0 Å². The predicted molar refractivity (Wildman–Crippen MR) is 92.2 cm³/mol. The van der Waals surface area contributed by atoms with Crippen LogP contribution in [-0.2, 0) is 0 Å². The number of rotatable bonds is 11. The van der Waals surface area contributed by atoms with Crippen molar-refractivity contribution in [1.82, 2.24) is 0 Å². The summed E-state index contributed by atoms with van der Waals surface area (Å²) >= 11 is -2.10. The second kappa shape index (κ2) is 13.3. The molecule has 19 heavy (non-hydrogen) atoms. The summed E-state index contributed by atoms with van der Waals surface area (Å²) in [5.41, 5.74) is 0. The van der Waals surface area contributed by atoms with E-state index in [1.165, 1.54) is 64.7 Å². The predicted octanol–water partition coefficient (Wildman–Crippen LogP) is 6.57. The third kappa shape index (κ3) is 9.83. The van der Waals surface area contributed by atoms with E-state index < -0.39 is 18.4 Å². The molecule has 0 nitrogen and oxygen atoms in total. The summed E-state index contributed by atoms with van der Waals surface area (Å²) in [6.07, 6.45) is 12.1. The molecule has 0 aliphatic heterocycles. The Morgan fingerprint density at radius 2 is 1.05 bits per heavy atom. The van der Waals surface area contributed by atoms with E-state index in [0.717, 1.165) is 6.42 Å². The standard InChI is InChI=1S/C6H9.3C4H9.Sn/c1-3-5-6-4-2;3*1-3-4-2;/h3,5-6H2,1H3;3*1,3-4H2,2H3;. The van der Waals surface area contributed by atoms with Crippen LogP contribution in [0.1, 0.15) is 85.5 Å². The first-order chi connectivity index (χ1) is 9.24. The van der Waals surface area contributed by atoms with Crippen LogP contribution in [0.25, 0.3) is 0 Å². The van der Waals surface area contributed by atoms with Crippen molar-refractivity contribution in [3.8, 4) is 9.86 Å². The molecule has 0 radical (unpaired) electrons. The Hall–Kier alpha value is 0.359. The summed E-state index contributed by atoms with van der Waals surface area (Å²) in [6, 6.07) is 0. The first kappa shape index (κ1) is 19.4. The van der Waals surface area contributed by atoms with Gasteiger partial charge in [-0.05, 0) is 0 Å². The monoisotopic (exact) mass is 372 g/mol. The summed E-state index contributed by atoms with van der Waals surface area (Å²) in [5, 5.41) is 0. The van der Waals surface area contributed by atoms with E-state index in [-0.39, 0.29) is 0 Å². The molecule has 0 N–H and O–H groups in total. The third-order valence-corrected chi connectivity index (χ3v) is 17.3. The Morgan fingerprint density at radius 1 is 0.632 bits per heavy atom. The molecule has 0 saturated heterocycles. The maximum atomic E-state index is 3.93. The van der Waals surface area contributed by atoms with E-state index in [0.29, 0.717) is 0 Å². The van der Waals surface area contributed by atoms with Gasteiger partial charge in [-0.2, -0.15) is 0 Å². The van der Waals surface area contributed by atoms with Crippen LogP contribution < -0.4 is 0 Å². The Balaban J connectivity index is 4.68. The Bertz CT molecular complexity index is 224. The fourth-order valence-corrected chi connectivity index (χ4v) is 16.1. The minimum absolute atomic E-state index is 1.15. The second-order valence-electron chi connectivity index (χ2n) is 6.00. The van der Waals surface area contributed by atoms with E-state index >= 15 is 0 Å². The summed E-state index contributed by atoms with van der Waals surface area (Å²) in [5.74, 6) is 3.60. The van der Waals surface area contributed by atoms with Gasteiger partial charge >= 0.3 is 127 Å². The number of hydrogen-bond donors (Lipinski definition) is 0. The molecule has 112 valence electrons. The van der Waals surface area contributed by atoms with E-state index in [4.69, 9.17) is 0 Å². The van der Waals surface area contributed by atoms with Crippen LogP contribution in [-0.4, -0.2) is 18.4 Å². The van der Waals surface area contributed by atoms with Crippen LogP contribution in [0.2, 0.25) is 13.3 Å².